The number of rotatable bonds is 5. The number of likely N-dealkylation sites (N-methyl/N-ethyl adjacent to an activating group) is 1. The lowest BCUT2D eigenvalue weighted by molar-refractivity contribution is -0.130. The molecule has 0 saturated heterocycles. The van der Waals surface area contributed by atoms with Gasteiger partial charge in [0.25, 0.3) is 0 Å². The van der Waals surface area contributed by atoms with Gasteiger partial charge in [0.1, 0.15) is 0 Å². The van der Waals surface area contributed by atoms with E-state index in [1.54, 1.807) is 0 Å². The van der Waals surface area contributed by atoms with E-state index in [9.17, 15) is 4.79 Å². The summed E-state index contributed by atoms with van der Waals surface area (Å²) in [7, 11) is 3.83. The van der Waals surface area contributed by atoms with Crippen LogP contribution in [0.5, 0.6) is 0 Å². The average molecular weight is 215 g/mol. The minimum atomic E-state index is -0.189. The Kier molecular flexibility index (Phi) is 5.46. The minimum absolute atomic E-state index is 0.0565. The van der Waals surface area contributed by atoms with Gasteiger partial charge in [-0.1, -0.05) is 13.8 Å². The molecular formula is C12H25NO2. The summed E-state index contributed by atoms with van der Waals surface area (Å²) in [6, 6.07) is -0.135. The van der Waals surface area contributed by atoms with Crippen LogP contribution in [0, 0.1) is 5.92 Å². The molecule has 0 N–H and O–H groups in total. The van der Waals surface area contributed by atoms with Crippen molar-refractivity contribution >= 4 is 5.78 Å². The Balaban J connectivity index is 4.36. The first-order chi connectivity index (χ1) is 6.65. The molecule has 0 unspecified atom stereocenters. The summed E-state index contributed by atoms with van der Waals surface area (Å²) in [6.45, 7) is 10.3. The van der Waals surface area contributed by atoms with Gasteiger partial charge in [0.05, 0.1) is 18.2 Å². The Morgan fingerprint density at radius 1 is 1.27 bits per heavy atom. The van der Waals surface area contributed by atoms with Crippen LogP contribution in [-0.4, -0.2) is 43.0 Å². The van der Waals surface area contributed by atoms with Gasteiger partial charge in [-0.25, -0.2) is 0 Å². The molecule has 0 aromatic carbocycles. The number of Topliss-reactive ketones (excluding diaryl/α,β-unsaturated/α-hetero) is 1. The third-order valence-corrected chi connectivity index (χ3v) is 2.20. The van der Waals surface area contributed by atoms with Crippen LogP contribution in [0.4, 0.5) is 0 Å². The van der Waals surface area contributed by atoms with E-state index in [-0.39, 0.29) is 23.3 Å². The molecule has 0 saturated carbocycles. The second-order valence-electron chi connectivity index (χ2n) is 5.46. The highest BCUT2D eigenvalue weighted by molar-refractivity contribution is 5.85. The third-order valence-electron chi connectivity index (χ3n) is 2.20. The molecule has 0 bridgehead atoms. The summed E-state index contributed by atoms with van der Waals surface area (Å²) in [4.78, 5) is 13.8. The minimum Gasteiger partial charge on any atom is -0.374 e. The monoisotopic (exact) mass is 215 g/mol. The van der Waals surface area contributed by atoms with Gasteiger partial charge in [0.15, 0.2) is 5.78 Å². The van der Waals surface area contributed by atoms with Crippen LogP contribution in [0.1, 0.15) is 34.6 Å². The Morgan fingerprint density at radius 2 is 1.73 bits per heavy atom. The van der Waals surface area contributed by atoms with Gasteiger partial charge in [0, 0.05) is 5.92 Å². The molecule has 0 rings (SSSR count). The number of hydrogen-bond acceptors (Lipinski definition) is 3. The van der Waals surface area contributed by atoms with Crippen LogP contribution < -0.4 is 0 Å². The van der Waals surface area contributed by atoms with Crippen molar-refractivity contribution in [2.45, 2.75) is 46.3 Å². The summed E-state index contributed by atoms with van der Waals surface area (Å²) in [5.74, 6) is 0.296. The normalized spacial score (nSPS) is 14.7. The molecule has 0 fully saturated rings. The molecule has 90 valence electrons. The Hall–Kier alpha value is -0.410. The molecule has 0 radical (unpaired) electrons. The number of hydrogen-bond donors (Lipinski definition) is 0. The van der Waals surface area contributed by atoms with Crippen molar-refractivity contribution in [1.82, 2.24) is 4.90 Å². The first kappa shape index (κ1) is 14.6. The smallest absolute Gasteiger partial charge is 0.154 e. The van der Waals surface area contributed by atoms with Gasteiger partial charge in [-0.3, -0.25) is 9.69 Å². The molecule has 0 amide bonds. The summed E-state index contributed by atoms with van der Waals surface area (Å²) >= 11 is 0. The van der Waals surface area contributed by atoms with Crippen LogP contribution in [0.15, 0.2) is 0 Å². The van der Waals surface area contributed by atoms with E-state index in [1.807, 2.05) is 53.6 Å². The van der Waals surface area contributed by atoms with E-state index in [0.717, 1.165) is 0 Å². The first-order valence-corrected chi connectivity index (χ1v) is 5.49. The van der Waals surface area contributed by atoms with E-state index in [0.29, 0.717) is 6.61 Å². The molecule has 0 aliphatic heterocycles. The fraction of sp³-hybridized carbons (Fsp3) is 0.917. The van der Waals surface area contributed by atoms with Crippen LogP contribution in [-0.2, 0) is 9.53 Å². The van der Waals surface area contributed by atoms with Gasteiger partial charge in [-0.05, 0) is 34.9 Å². The highest BCUT2D eigenvalue weighted by Gasteiger charge is 2.25. The van der Waals surface area contributed by atoms with Crippen LogP contribution >= 0.6 is 0 Å². The predicted octanol–water partition coefficient (Wildman–Crippen LogP) is 1.96. The second-order valence-corrected chi connectivity index (χ2v) is 5.46. The average Bonchev–Trinajstić information content (AvgIpc) is 2.01. The first-order valence-electron chi connectivity index (χ1n) is 5.49. The van der Waals surface area contributed by atoms with Gasteiger partial charge in [-0.2, -0.15) is 0 Å². The molecule has 0 aliphatic rings. The Morgan fingerprint density at radius 3 is 2.00 bits per heavy atom. The van der Waals surface area contributed by atoms with E-state index in [2.05, 4.69) is 0 Å². The van der Waals surface area contributed by atoms with E-state index in [4.69, 9.17) is 4.74 Å². The van der Waals surface area contributed by atoms with Crippen molar-refractivity contribution in [2.24, 2.45) is 5.92 Å². The number of nitrogens with zero attached hydrogens (tertiary/aromatic N) is 1. The summed E-state index contributed by atoms with van der Waals surface area (Å²) in [5.41, 5.74) is -0.189. The second kappa shape index (κ2) is 5.61. The van der Waals surface area contributed by atoms with Crippen molar-refractivity contribution in [1.29, 1.82) is 0 Å². The maximum absolute atomic E-state index is 11.9. The van der Waals surface area contributed by atoms with Crippen molar-refractivity contribution < 1.29 is 9.53 Å². The van der Waals surface area contributed by atoms with Crippen molar-refractivity contribution in [3.05, 3.63) is 0 Å². The number of ether oxygens (including phenoxy) is 1. The van der Waals surface area contributed by atoms with Crippen molar-refractivity contribution in [3.8, 4) is 0 Å². The van der Waals surface area contributed by atoms with Crippen LogP contribution in [0.2, 0.25) is 0 Å². The van der Waals surface area contributed by atoms with Gasteiger partial charge < -0.3 is 4.74 Å². The molecule has 3 nitrogen and oxygen atoms in total. The zero-order chi connectivity index (χ0) is 12.2. The number of carbonyl (C=O) groups is 1. The molecule has 1 atom stereocenters. The molecule has 0 aromatic rings. The number of carbonyl (C=O) groups excluding carboxylic acids is 1. The van der Waals surface area contributed by atoms with Gasteiger partial charge in [-0.15, -0.1) is 0 Å². The Bertz CT molecular complexity index is 204. The SMILES string of the molecule is CC(C)C(=O)[C@H](COC(C)(C)C)N(C)C. The van der Waals surface area contributed by atoms with Crippen LogP contribution in [0.3, 0.4) is 0 Å². The third kappa shape index (κ3) is 5.90. The molecule has 3 heteroatoms. The maximum atomic E-state index is 11.9. The molecular weight excluding hydrogens is 190 g/mol. The van der Waals surface area contributed by atoms with Crippen molar-refractivity contribution in [3.63, 3.8) is 0 Å². The predicted molar refractivity (Wildman–Crippen MR) is 63.0 cm³/mol. The lowest BCUT2D eigenvalue weighted by Crippen LogP contribution is -2.43. The standard InChI is InChI=1S/C12H25NO2/c1-9(2)11(14)10(13(6)7)8-15-12(3,4)5/h9-10H,8H2,1-7H3/t10-/m0/s1. The summed E-state index contributed by atoms with van der Waals surface area (Å²) in [6.07, 6.45) is 0. The quantitative estimate of drug-likeness (QED) is 0.702. The van der Waals surface area contributed by atoms with E-state index < -0.39 is 0 Å². The van der Waals surface area contributed by atoms with E-state index in [1.165, 1.54) is 0 Å². The van der Waals surface area contributed by atoms with Gasteiger partial charge in [0.2, 0.25) is 0 Å². The molecule has 15 heavy (non-hydrogen) atoms. The van der Waals surface area contributed by atoms with Gasteiger partial charge >= 0.3 is 0 Å². The topological polar surface area (TPSA) is 29.5 Å². The molecule has 0 aliphatic carbocycles. The molecule has 0 spiro atoms. The zero-order valence-electron chi connectivity index (χ0n) is 11.1. The van der Waals surface area contributed by atoms with E-state index >= 15 is 0 Å². The lowest BCUT2D eigenvalue weighted by Gasteiger charge is -2.28. The van der Waals surface area contributed by atoms with Crippen LogP contribution in [0.25, 0.3) is 0 Å². The highest BCUT2D eigenvalue weighted by Crippen LogP contribution is 2.11. The lowest BCUT2D eigenvalue weighted by atomic mass is 10.0. The maximum Gasteiger partial charge on any atom is 0.154 e. The zero-order valence-corrected chi connectivity index (χ0v) is 11.1. The highest BCUT2D eigenvalue weighted by atomic mass is 16.5. The Labute approximate surface area is 93.8 Å². The van der Waals surface area contributed by atoms with Crippen molar-refractivity contribution in [2.75, 3.05) is 20.7 Å². The number of ketones is 1. The summed E-state index contributed by atoms with van der Waals surface area (Å²) < 4.78 is 5.66. The largest absolute Gasteiger partial charge is 0.374 e. The summed E-state index contributed by atoms with van der Waals surface area (Å²) in [5, 5.41) is 0. The molecule has 0 heterocycles. The fourth-order valence-corrected chi connectivity index (χ4v) is 1.20. The fourth-order valence-electron chi connectivity index (χ4n) is 1.20. The molecule has 0 aromatic heterocycles.